The van der Waals surface area contributed by atoms with Gasteiger partial charge in [0.2, 0.25) is 0 Å². The molecule has 3 nitrogen and oxygen atoms in total. The summed E-state index contributed by atoms with van der Waals surface area (Å²) in [6.07, 6.45) is 0. The van der Waals surface area contributed by atoms with Crippen LogP contribution in [0.4, 0.5) is 0 Å². The summed E-state index contributed by atoms with van der Waals surface area (Å²) >= 11 is 1.43. The molecule has 0 radical (unpaired) electrons. The van der Waals surface area contributed by atoms with E-state index in [0.29, 0.717) is 5.17 Å². The Labute approximate surface area is 88.0 Å². The zero-order valence-corrected chi connectivity index (χ0v) is 8.65. The van der Waals surface area contributed by atoms with Gasteiger partial charge in [0.25, 0.3) is 0 Å². The maximum atomic E-state index is 5.41. The van der Waals surface area contributed by atoms with Crippen molar-refractivity contribution in [3.8, 4) is 0 Å². The van der Waals surface area contributed by atoms with Crippen molar-refractivity contribution < 1.29 is 0 Å². The van der Waals surface area contributed by atoms with E-state index in [1.807, 2.05) is 30.3 Å². The number of hydrazone groups is 1. The molecular weight excluding hydrogens is 206 g/mol. The van der Waals surface area contributed by atoms with E-state index >= 15 is 0 Å². The van der Waals surface area contributed by atoms with E-state index in [2.05, 4.69) is 5.10 Å². The molecule has 5 heteroatoms. The molecule has 1 aromatic carbocycles. The highest BCUT2D eigenvalue weighted by atomic mass is 35.5. The van der Waals surface area contributed by atoms with Crippen LogP contribution < -0.4 is 11.6 Å². The van der Waals surface area contributed by atoms with Crippen LogP contribution in [0.2, 0.25) is 0 Å². The molecule has 13 heavy (non-hydrogen) atoms. The number of nitrogens with zero attached hydrogens (tertiary/aromatic N) is 1. The Bertz CT molecular complexity index is 263. The SMILES string of the molecule is Cl.N/N=C(\N)SCc1ccccc1. The number of hydrogen-bond acceptors (Lipinski definition) is 3. The molecule has 0 saturated heterocycles. The molecular formula is C8H12ClN3S. The topological polar surface area (TPSA) is 64.4 Å². The van der Waals surface area contributed by atoms with Crippen LogP contribution in [-0.2, 0) is 5.75 Å². The van der Waals surface area contributed by atoms with Crippen LogP contribution in [0.3, 0.4) is 0 Å². The van der Waals surface area contributed by atoms with Gasteiger partial charge >= 0.3 is 0 Å². The van der Waals surface area contributed by atoms with E-state index in [1.165, 1.54) is 17.3 Å². The maximum absolute atomic E-state index is 5.41. The Morgan fingerprint density at radius 2 is 1.92 bits per heavy atom. The molecule has 4 N–H and O–H groups in total. The normalized spacial score (nSPS) is 10.6. The second kappa shape index (κ2) is 6.62. The maximum Gasteiger partial charge on any atom is 0.177 e. The van der Waals surface area contributed by atoms with Gasteiger partial charge in [-0.3, -0.25) is 0 Å². The number of halogens is 1. The summed E-state index contributed by atoms with van der Waals surface area (Å²) in [5.41, 5.74) is 6.63. The minimum absolute atomic E-state index is 0. The number of amidine groups is 1. The van der Waals surface area contributed by atoms with E-state index in [-0.39, 0.29) is 12.4 Å². The van der Waals surface area contributed by atoms with Gasteiger partial charge in [0.15, 0.2) is 5.17 Å². The van der Waals surface area contributed by atoms with E-state index < -0.39 is 0 Å². The van der Waals surface area contributed by atoms with Gasteiger partial charge in [-0.2, -0.15) is 5.10 Å². The molecule has 0 saturated carbocycles. The van der Waals surface area contributed by atoms with Crippen molar-refractivity contribution in [1.29, 1.82) is 0 Å². The average Bonchev–Trinajstić information content (AvgIpc) is 2.16. The van der Waals surface area contributed by atoms with Crippen molar-refractivity contribution in [2.75, 3.05) is 0 Å². The van der Waals surface area contributed by atoms with E-state index in [0.717, 1.165) is 5.75 Å². The highest BCUT2D eigenvalue weighted by Gasteiger charge is 1.94. The smallest absolute Gasteiger partial charge is 0.177 e. The van der Waals surface area contributed by atoms with Gasteiger partial charge in [0.1, 0.15) is 0 Å². The molecule has 0 aliphatic rings. The molecule has 0 spiro atoms. The lowest BCUT2D eigenvalue weighted by molar-refractivity contribution is 1.25. The second-order valence-corrected chi connectivity index (χ2v) is 3.24. The van der Waals surface area contributed by atoms with Crippen molar-refractivity contribution in [2.24, 2.45) is 16.7 Å². The van der Waals surface area contributed by atoms with Gasteiger partial charge in [-0.1, -0.05) is 42.1 Å². The standard InChI is InChI=1S/C8H11N3S.ClH/c9-8(11-10)12-6-7-4-2-1-3-5-7;/h1-5H,6,10H2,(H2,9,11);1H. The third-order valence-electron chi connectivity index (χ3n) is 1.36. The number of hydrogen-bond donors (Lipinski definition) is 2. The monoisotopic (exact) mass is 217 g/mol. The van der Waals surface area contributed by atoms with Gasteiger partial charge in [0, 0.05) is 5.75 Å². The zero-order chi connectivity index (χ0) is 8.81. The van der Waals surface area contributed by atoms with Crippen molar-refractivity contribution in [2.45, 2.75) is 5.75 Å². The van der Waals surface area contributed by atoms with Crippen LogP contribution in [0, 0.1) is 0 Å². The number of thioether (sulfide) groups is 1. The van der Waals surface area contributed by atoms with Crippen molar-refractivity contribution in [3.63, 3.8) is 0 Å². The van der Waals surface area contributed by atoms with Crippen LogP contribution >= 0.6 is 24.2 Å². The quantitative estimate of drug-likeness (QED) is 0.342. The Balaban J connectivity index is 0.00000144. The molecule has 0 heterocycles. The predicted molar refractivity (Wildman–Crippen MR) is 60.8 cm³/mol. The molecule has 0 aromatic heterocycles. The van der Waals surface area contributed by atoms with E-state index in [1.54, 1.807) is 0 Å². The predicted octanol–water partition coefficient (Wildman–Crippen LogP) is 1.53. The minimum atomic E-state index is 0. The van der Waals surface area contributed by atoms with Crippen LogP contribution in [-0.4, -0.2) is 5.17 Å². The highest BCUT2D eigenvalue weighted by molar-refractivity contribution is 8.13. The molecule has 0 fully saturated rings. The molecule has 0 bridgehead atoms. The van der Waals surface area contributed by atoms with Gasteiger partial charge in [0.05, 0.1) is 0 Å². The first-order valence-corrected chi connectivity index (χ1v) is 4.51. The molecule has 0 aliphatic carbocycles. The summed E-state index contributed by atoms with van der Waals surface area (Å²) < 4.78 is 0. The zero-order valence-electron chi connectivity index (χ0n) is 7.01. The van der Waals surface area contributed by atoms with Crippen molar-refractivity contribution in [3.05, 3.63) is 35.9 Å². The summed E-state index contributed by atoms with van der Waals surface area (Å²) in [6, 6.07) is 10.0. The van der Waals surface area contributed by atoms with Crippen LogP contribution in [0.15, 0.2) is 35.4 Å². The molecule has 0 amide bonds. The molecule has 1 aromatic rings. The average molecular weight is 218 g/mol. The number of rotatable bonds is 2. The van der Waals surface area contributed by atoms with Gasteiger partial charge in [-0.05, 0) is 5.56 Å². The first-order chi connectivity index (χ1) is 5.83. The van der Waals surface area contributed by atoms with Crippen LogP contribution in [0.1, 0.15) is 5.56 Å². The summed E-state index contributed by atoms with van der Waals surface area (Å²) in [5.74, 6) is 5.79. The fraction of sp³-hybridized carbons (Fsp3) is 0.125. The summed E-state index contributed by atoms with van der Waals surface area (Å²) in [6.45, 7) is 0. The largest absolute Gasteiger partial charge is 0.377 e. The van der Waals surface area contributed by atoms with Crippen molar-refractivity contribution in [1.82, 2.24) is 0 Å². The first-order valence-electron chi connectivity index (χ1n) is 3.53. The number of benzene rings is 1. The van der Waals surface area contributed by atoms with Crippen molar-refractivity contribution >= 4 is 29.3 Å². The third-order valence-corrected chi connectivity index (χ3v) is 2.24. The van der Waals surface area contributed by atoms with Gasteiger partial charge < -0.3 is 11.6 Å². The Morgan fingerprint density at radius 3 is 2.46 bits per heavy atom. The van der Waals surface area contributed by atoms with Gasteiger partial charge in [-0.15, -0.1) is 12.4 Å². The fourth-order valence-electron chi connectivity index (χ4n) is 0.769. The van der Waals surface area contributed by atoms with Crippen LogP contribution in [0.5, 0.6) is 0 Å². The number of nitrogens with two attached hydrogens (primary N) is 2. The highest BCUT2D eigenvalue weighted by Crippen LogP contribution is 2.10. The molecule has 72 valence electrons. The second-order valence-electron chi connectivity index (χ2n) is 2.24. The lowest BCUT2D eigenvalue weighted by atomic mass is 10.2. The lowest BCUT2D eigenvalue weighted by Gasteiger charge is -1.98. The summed E-state index contributed by atoms with van der Waals surface area (Å²) in [7, 11) is 0. The Kier molecular flexibility index (Phi) is 6.18. The molecule has 0 unspecified atom stereocenters. The molecule has 1 rings (SSSR count). The van der Waals surface area contributed by atoms with Crippen LogP contribution in [0.25, 0.3) is 0 Å². The summed E-state index contributed by atoms with van der Waals surface area (Å²) in [4.78, 5) is 0. The minimum Gasteiger partial charge on any atom is -0.377 e. The first kappa shape index (κ1) is 12.1. The van der Waals surface area contributed by atoms with E-state index in [4.69, 9.17) is 11.6 Å². The molecule has 0 aliphatic heterocycles. The van der Waals surface area contributed by atoms with Gasteiger partial charge in [-0.25, -0.2) is 0 Å². The fourth-order valence-corrected chi connectivity index (χ4v) is 1.35. The molecule has 0 atom stereocenters. The third kappa shape index (κ3) is 4.65. The lowest BCUT2D eigenvalue weighted by Crippen LogP contribution is -2.09. The Morgan fingerprint density at radius 1 is 1.31 bits per heavy atom. The van der Waals surface area contributed by atoms with E-state index in [9.17, 15) is 0 Å². The Hall–Kier alpha value is -0.870. The summed E-state index contributed by atoms with van der Waals surface area (Å²) in [5, 5.41) is 3.78.